The van der Waals surface area contributed by atoms with Gasteiger partial charge in [-0.05, 0) is 17.7 Å². The Bertz CT molecular complexity index is 992. The molecule has 0 spiro atoms. The number of pyridine rings is 1. The number of benzene rings is 1. The first kappa shape index (κ1) is 16.6. The monoisotopic (exact) mass is 369 g/mol. The molecule has 0 radical (unpaired) electrons. The highest BCUT2D eigenvalue weighted by atomic mass is 35.5. The lowest BCUT2D eigenvalue weighted by Gasteiger charge is -2.11. The number of rotatable bonds is 5. The topological polar surface area (TPSA) is 114 Å². The zero-order valence-electron chi connectivity index (χ0n) is 12.3. The third kappa shape index (κ3) is 3.48. The van der Waals surface area contributed by atoms with Gasteiger partial charge in [-0.15, -0.1) is 0 Å². The zero-order chi connectivity index (χ0) is 17.3. The summed E-state index contributed by atoms with van der Waals surface area (Å²) in [7, 11) is -3.61. The first-order valence-corrected chi connectivity index (χ1v) is 8.97. The van der Waals surface area contributed by atoms with E-state index < -0.39 is 15.8 Å². The summed E-state index contributed by atoms with van der Waals surface area (Å²) in [6, 6.07) is 4.81. The molecule has 3 aromatic rings. The van der Waals surface area contributed by atoms with E-state index in [1.54, 1.807) is 24.5 Å². The van der Waals surface area contributed by atoms with E-state index in [1.165, 1.54) is 6.07 Å². The van der Waals surface area contributed by atoms with E-state index in [2.05, 4.69) is 20.5 Å². The number of aromatic amines is 1. The van der Waals surface area contributed by atoms with Gasteiger partial charge in [-0.1, -0.05) is 17.7 Å². The van der Waals surface area contributed by atoms with Crippen LogP contribution >= 0.6 is 11.6 Å². The molecule has 4 N–H and O–H groups in total. The van der Waals surface area contributed by atoms with Crippen molar-refractivity contribution in [1.29, 1.82) is 0 Å². The molecule has 0 saturated heterocycles. The summed E-state index contributed by atoms with van der Waals surface area (Å²) >= 11 is 5.83. The minimum absolute atomic E-state index is 0.0460. The van der Waals surface area contributed by atoms with Crippen molar-refractivity contribution >= 4 is 38.3 Å². The van der Waals surface area contributed by atoms with E-state index in [-0.39, 0.29) is 22.8 Å². The van der Waals surface area contributed by atoms with Crippen LogP contribution in [0, 0.1) is 5.82 Å². The Kier molecular flexibility index (Phi) is 4.39. The number of nitrogens with one attached hydrogen (secondary N) is 2. The quantitative estimate of drug-likeness (QED) is 0.637. The minimum Gasteiger partial charge on any atom is -0.369 e. The van der Waals surface area contributed by atoms with Crippen molar-refractivity contribution in [1.82, 2.24) is 15.2 Å². The average molecular weight is 370 g/mol. The van der Waals surface area contributed by atoms with Crippen LogP contribution in [0.15, 0.2) is 30.6 Å². The van der Waals surface area contributed by atoms with Crippen LogP contribution < -0.4 is 10.5 Å². The smallest absolute Gasteiger partial charge is 0.210 e. The van der Waals surface area contributed by atoms with E-state index >= 15 is 0 Å². The van der Waals surface area contributed by atoms with Gasteiger partial charge < -0.3 is 5.32 Å². The molecule has 0 saturated carbocycles. The van der Waals surface area contributed by atoms with E-state index in [0.717, 1.165) is 5.56 Å². The van der Waals surface area contributed by atoms with Crippen molar-refractivity contribution in [3.05, 3.63) is 41.4 Å². The van der Waals surface area contributed by atoms with Crippen molar-refractivity contribution in [2.75, 3.05) is 17.6 Å². The van der Waals surface area contributed by atoms with Crippen LogP contribution in [0.3, 0.4) is 0 Å². The summed E-state index contributed by atoms with van der Waals surface area (Å²) < 4.78 is 36.4. The zero-order valence-corrected chi connectivity index (χ0v) is 13.8. The second-order valence-electron chi connectivity index (χ2n) is 5.09. The molecule has 0 amide bonds. The van der Waals surface area contributed by atoms with Gasteiger partial charge in [0.05, 0.1) is 17.0 Å². The fourth-order valence-corrected chi connectivity index (χ4v) is 2.82. The number of hydrogen-bond donors (Lipinski definition) is 3. The highest BCUT2D eigenvalue weighted by Crippen LogP contribution is 2.33. The van der Waals surface area contributed by atoms with Crippen molar-refractivity contribution in [2.24, 2.45) is 5.14 Å². The maximum atomic E-state index is 14.3. The molecule has 0 aliphatic heterocycles. The second kappa shape index (κ2) is 6.34. The summed E-state index contributed by atoms with van der Waals surface area (Å²) in [5.41, 5.74) is 1.50. The number of aromatic nitrogens is 3. The van der Waals surface area contributed by atoms with Crippen LogP contribution in [0.4, 0.5) is 10.2 Å². The van der Waals surface area contributed by atoms with E-state index in [9.17, 15) is 12.8 Å². The number of fused-ring (bicyclic) bond motifs is 1. The van der Waals surface area contributed by atoms with Gasteiger partial charge in [0.25, 0.3) is 0 Å². The lowest BCUT2D eigenvalue weighted by Crippen LogP contribution is -2.22. The average Bonchev–Trinajstić information content (AvgIpc) is 3.03. The van der Waals surface area contributed by atoms with Crippen molar-refractivity contribution in [3.63, 3.8) is 0 Å². The summed E-state index contributed by atoms with van der Waals surface area (Å²) in [5.74, 6) is -0.608. The molecule has 0 aliphatic carbocycles. The third-order valence-electron chi connectivity index (χ3n) is 3.37. The molecule has 2 heterocycles. The van der Waals surface area contributed by atoms with Gasteiger partial charge in [0.2, 0.25) is 10.0 Å². The van der Waals surface area contributed by atoms with Gasteiger partial charge >= 0.3 is 0 Å². The number of halogens is 2. The fraction of sp³-hybridized carbons (Fsp3) is 0.143. The van der Waals surface area contributed by atoms with E-state index in [4.69, 9.17) is 16.7 Å². The molecular weight excluding hydrogens is 357 g/mol. The number of sulfonamides is 1. The Labute approximate surface area is 142 Å². The predicted molar refractivity (Wildman–Crippen MR) is 90.8 cm³/mol. The summed E-state index contributed by atoms with van der Waals surface area (Å²) in [4.78, 5) is 4.19. The molecule has 2 aromatic heterocycles. The first-order valence-electron chi connectivity index (χ1n) is 6.87. The highest BCUT2D eigenvalue weighted by Gasteiger charge is 2.14. The van der Waals surface area contributed by atoms with Crippen molar-refractivity contribution < 1.29 is 12.8 Å². The van der Waals surface area contributed by atoms with Gasteiger partial charge in [-0.25, -0.2) is 22.9 Å². The summed E-state index contributed by atoms with van der Waals surface area (Å²) in [6.07, 6.45) is 3.25. The Morgan fingerprint density at radius 1 is 1.38 bits per heavy atom. The van der Waals surface area contributed by atoms with E-state index in [0.29, 0.717) is 16.8 Å². The minimum atomic E-state index is -3.61. The van der Waals surface area contributed by atoms with Gasteiger partial charge in [0.15, 0.2) is 5.82 Å². The Morgan fingerprint density at radius 2 is 2.17 bits per heavy atom. The molecular formula is C14H13ClFN5O2S. The van der Waals surface area contributed by atoms with Crippen LogP contribution in [0.2, 0.25) is 5.02 Å². The van der Waals surface area contributed by atoms with Crippen molar-refractivity contribution in [2.45, 2.75) is 0 Å². The van der Waals surface area contributed by atoms with Gasteiger partial charge in [0.1, 0.15) is 11.3 Å². The van der Waals surface area contributed by atoms with Crippen LogP contribution in [-0.4, -0.2) is 35.9 Å². The Hall–Kier alpha value is -2.23. The predicted octanol–water partition coefficient (Wildman–Crippen LogP) is 2.12. The number of nitrogens with two attached hydrogens (primary N) is 1. The number of H-pyrrole nitrogens is 1. The van der Waals surface area contributed by atoms with Crippen LogP contribution in [0.1, 0.15) is 0 Å². The fourth-order valence-electron chi connectivity index (χ4n) is 2.28. The number of primary sulfonamides is 1. The van der Waals surface area contributed by atoms with Crippen molar-refractivity contribution in [3.8, 4) is 11.1 Å². The normalized spacial score (nSPS) is 11.8. The molecule has 0 atom stereocenters. The molecule has 7 nitrogen and oxygen atoms in total. The molecule has 10 heteroatoms. The molecule has 0 fully saturated rings. The number of hydrogen-bond acceptors (Lipinski definition) is 5. The van der Waals surface area contributed by atoms with Gasteiger partial charge in [-0.3, -0.25) is 5.10 Å². The van der Waals surface area contributed by atoms with Crippen LogP contribution in [0.5, 0.6) is 0 Å². The SMILES string of the molecule is NS(=O)(=O)CCNc1cc(-c2cn[nH]c2)c2ccc(Cl)c(F)c2n1. The second-order valence-corrected chi connectivity index (χ2v) is 7.23. The van der Waals surface area contributed by atoms with E-state index in [1.807, 2.05) is 0 Å². The van der Waals surface area contributed by atoms with Crippen LogP contribution in [-0.2, 0) is 10.0 Å². The summed E-state index contributed by atoms with van der Waals surface area (Å²) in [5, 5.41) is 14.9. The molecule has 3 rings (SSSR count). The third-order valence-corrected chi connectivity index (χ3v) is 4.44. The highest BCUT2D eigenvalue weighted by molar-refractivity contribution is 7.89. The maximum absolute atomic E-state index is 14.3. The Balaban J connectivity index is 2.09. The summed E-state index contributed by atoms with van der Waals surface area (Å²) in [6.45, 7) is 0.0460. The molecule has 1 aromatic carbocycles. The first-order chi connectivity index (χ1) is 11.3. The standard InChI is InChI=1S/C14H13ClFN5O2S/c15-11-2-1-9-10(8-6-19-20-7-8)5-12(21-14(9)13(11)16)18-3-4-24(17,22)23/h1-2,5-7H,3-4H2,(H,18,21)(H,19,20)(H2,17,22,23). The Morgan fingerprint density at radius 3 is 2.83 bits per heavy atom. The lowest BCUT2D eigenvalue weighted by atomic mass is 10.0. The molecule has 126 valence electrons. The molecule has 0 bridgehead atoms. The number of nitrogens with zero attached hydrogens (tertiary/aromatic N) is 2. The molecule has 24 heavy (non-hydrogen) atoms. The maximum Gasteiger partial charge on any atom is 0.210 e. The molecule has 0 aliphatic rings. The van der Waals surface area contributed by atoms with Gasteiger partial charge in [-0.2, -0.15) is 5.10 Å². The van der Waals surface area contributed by atoms with Crippen LogP contribution in [0.25, 0.3) is 22.0 Å². The largest absolute Gasteiger partial charge is 0.369 e. The number of anilines is 1. The molecule has 0 unspecified atom stereocenters. The van der Waals surface area contributed by atoms with Gasteiger partial charge in [0, 0.05) is 23.7 Å². The lowest BCUT2D eigenvalue weighted by molar-refractivity contribution is 0.598.